The predicted molar refractivity (Wildman–Crippen MR) is 93.7 cm³/mol. The van der Waals surface area contributed by atoms with Crippen LogP contribution in [0.5, 0.6) is 0 Å². The molecule has 1 aromatic rings. The number of hydrogen-bond donors (Lipinski definition) is 1. The largest absolute Gasteiger partial charge is 0.375 e. The van der Waals surface area contributed by atoms with Crippen molar-refractivity contribution in [1.82, 2.24) is 5.32 Å². The van der Waals surface area contributed by atoms with Gasteiger partial charge in [-0.05, 0) is 70.0 Å². The van der Waals surface area contributed by atoms with Crippen molar-refractivity contribution in [3.8, 4) is 0 Å². The molecule has 0 unspecified atom stereocenters. The van der Waals surface area contributed by atoms with E-state index in [0.29, 0.717) is 24.4 Å². The average molecular weight is 317 g/mol. The molecule has 0 radical (unpaired) electrons. The maximum absolute atomic E-state index is 6.18. The zero-order chi connectivity index (χ0) is 16.1. The Morgan fingerprint density at radius 3 is 2.78 bits per heavy atom. The molecule has 128 valence electrons. The molecule has 23 heavy (non-hydrogen) atoms. The van der Waals surface area contributed by atoms with E-state index in [4.69, 9.17) is 9.47 Å². The minimum atomic E-state index is 0.308. The third kappa shape index (κ3) is 4.79. The van der Waals surface area contributed by atoms with Crippen molar-refractivity contribution < 1.29 is 9.47 Å². The molecule has 0 bridgehead atoms. The monoisotopic (exact) mass is 317 g/mol. The molecule has 0 aromatic heterocycles. The lowest BCUT2D eigenvalue weighted by atomic mass is 9.89. The minimum absolute atomic E-state index is 0.308. The Labute approximate surface area is 140 Å². The quantitative estimate of drug-likeness (QED) is 0.804. The highest BCUT2D eigenvalue weighted by Crippen LogP contribution is 2.32. The third-order valence-electron chi connectivity index (χ3n) is 5.09. The van der Waals surface area contributed by atoms with E-state index < -0.39 is 0 Å². The molecule has 0 amide bonds. The van der Waals surface area contributed by atoms with E-state index in [0.717, 1.165) is 32.4 Å². The van der Waals surface area contributed by atoms with Gasteiger partial charge in [0.1, 0.15) is 0 Å². The van der Waals surface area contributed by atoms with E-state index in [2.05, 4.69) is 43.4 Å². The van der Waals surface area contributed by atoms with E-state index in [1.807, 2.05) is 0 Å². The fourth-order valence-corrected chi connectivity index (χ4v) is 4.06. The van der Waals surface area contributed by atoms with Gasteiger partial charge in [0.05, 0.1) is 18.3 Å². The molecule has 0 spiro atoms. The molecular formula is C20H31NO2. The van der Waals surface area contributed by atoms with Gasteiger partial charge in [-0.1, -0.05) is 24.3 Å². The molecule has 1 aliphatic heterocycles. The van der Waals surface area contributed by atoms with Gasteiger partial charge in [-0.2, -0.15) is 0 Å². The summed E-state index contributed by atoms with van der Waals surface area (Å²) < 4.78 is 12.0. The molecule has 2 aliphatic rings. The van der Waals surface area contributed by atoms with Crippen LogP contribution in [0.2, 0.25) is 0 Å². The summed E-state index contributed by atoms with van der Waals surface area (Å²) in [6, 6.07) is 9.36. The molecule has 1 heterocycles. The third-order valence-corrected chi connectivity index (χ3v) is 5.09. The van der Waals surface area contributed by atoms with Crippen molar-refractivity contribution >= 4 is 0 Å². The molecule has 1 saturated heterocycles. The first kappa shape index (κ1) is 16.9. The summed E-state index contributed by atoms with van der Waals surface area (Å²) in [7, 11) is 0. The fourth-order valence-electron chi connectivity index (χ4n) is 4.06. The molecular weight excluding hydrogens is 286 g/mol. The van der Waals surface area contributed by atoms with Crippen LogP contribution in [0.15, 0.2) is 24.3 Å². The normalized spacial score (nSPS) is 30.9. The van der Waals surface area contributed by atoms with Gasteiger partial charge in [-0.25, -0.2) is 0 Å². The minimum Gasteiger partial charge on any atom is -0.375 e. The van der Waals surface area contributed by atoms with Crippen LogP contribution in [0.4, 0.5) is 0 Å². The molecule has 3 nitrogen and oxygen atoms in total. The first-order valence-corrected chi connectivity index (χ1v) is 9.30. The Kier molecular flexibility index (Phi) is 6.09. The maximum atomic E-state index is 6.18. The highest BCUT2D eigenvalue weighted by Gasteiger charge is 2.24. The Hall–Kier alpha value is -0.900. The summed E-state index contributed by atoms with van der Waals surface area (Å²) in [5, 5.41) is 3.68. The fraction of sp³-hybridized carbons (Fsp3) is 0.700. The van der Waals surface area contributed by atoms with Gasteiger partial charge in [0.2, 0.25) is 0 Å². The lowest BCUT2D eigenvalue weighted by Gasteiger charge is -2.32. The van der Waals surface area contributed by atoms with Gasteiger partial charge >= 0.3 is 0 Å². The van der Waals surface area contributed by atoms with Crippen LogP contribution in [0.1, 0.15) is 63.2 Å². The van der Waals surface area contributed by atoms with Crippen molar-refractivity contribution in [2.75, 3.05) is 13.2 Å². The molecule has 1 fully saturated rings. The predicted octanol–water partition coefficient (Wildman–Crippen LogP) is 4.02. The van der Waals surface area contributed by atoms with E-state index in [9.17, 15) is 0 Å². The molecule has 3 rings (SSSR count). The van der Waals surface area contributed by atoms with E-state index >= 15 is 0 Å². The van der Waals surface area contributed by atoms with Gasteiger partial charge in [-0.15, -0.1) is 0 Å². The van der Waals surface area contributed by atoms with Crippen LogP contribution in [0.25, 0.3) is 0 Å². The first-order chi connectivity index (χ1) is 11.2. The summed E-state index contributed by atoms with van der Waals surface area (Å²) in [5.41, 5.74) is 2.89. The van der Waals surface area contributed by atoms with Crippen LogP contribution in [-0.4, -0.2) is 31.4 Å². The van der Waals surface area contributed by atoms with Crippen LogP contribution in [0.3, 0.4) is 0 Å². The number of fused-ring (bicyclic) bond motifs is 1. The second kappa shape index (κ2) is 8.27. The van der Waals surface area contributed by atoms with Crippen LogP contribution < -0.4 is 5.32 Å². The van der Waals surface area contributed by atoms with Gasteiger partial charge in [-0.3, -0.25) is 0 Å². The second-order valence-electron chi connectivity index (χ2n) is 7.18. The Balaban J connectivity index is 1.36. The number of rotatable bonds is 6. The second-order valence-corrected chi connectivity index (χ2v) is 7.18. The number of benzene rings is 1. The smallest absolute Gasteiger partial charge is 0.0827 e. The van der Waals surface area contributed by atoms with E-state index in [1.54, 1.807) is 0 Å². The van der Waals surface area contributed by atoms with Gasteiger partial charge in [0.15, 0.2) is 0 Å². The van der Waals surface area contributed by atoms with E-state index in [-0.39, 0.29) is 0 Å². The zero-order valence-corrected chi connectivity index (χ0v) is 14.6. The standard InChI is InChI=1S/C20H31NO2/c1-15-13-18(14-16(2)23-15)21-11-6-12-22-20-10-5-8-17-7-3-4-9-19(17)20/h3-4,7,9,15-16,18,20-21H,5-6,8,10-14H2,1-2H3/t15-,16-,20+/m1/s1. The highest BCUT2D eigenvalue weighted by atomic mass is 16.5. The Morgan fingerprint density at radius 2 is 1.96 bits per heavy atom. The summed E-state index contributed by atoms with van der Waals surface area (Å²) in [5.74, 6) is 0. The zero-order valence-electron chi connectivity index (χ0n) is 14.6. The van der Waals surface area contributed by atoms with Gasteiger partial charge in [0.25, 0.3) is 0 Å². The van der Waals surface area contributed by atoms with Crippen LogP contribution >= 0.6 is 0 Å². The summed E-state index contributed by atoms with van der Waals surface area (Å²) in [6.45, 7) is 6.24. The Morgan fingerprint density at radius 1 is 1.17 bits per heavy atom. The topological polar surface area (TPSA) is 30.5 Å². The van der Waals surface area contributed by atoms with Gasteiger partial charge in [0, 0.05) is 12.6 Å². The molecule has 3 heteroatoms. The van der Waals surface area contributed by atoms with E-state index in [1.165, 1.54) is 30.4 Å². The lowest BCUT2D eigenvalue weighted by molar-refractivity contribution is -0.0423. The first-order valence-electron chi connectivity index (χ1n) is 9.30. The van der Waals surface area contributed by atoms with Gasteiger partial charge < -0.3 is 14.8 Å². The molecule has 3 atom stereocenters. The van der Waals surface area contributed by atoms with Crippen molar-refractivity contribution in [2.24, 2.45) is 0 Å². The number of ether oxygens (including phenoxy) is 2. The van der Waals surface area contributed by atoms with Crippen molar-refractivity contribution in [2.45, 2.75) is 76.7 Å². The van der Waals surface area contributed by atoms with Crippen molar-refractivity contribution in [3.63, 3.8) is 0 Å². The molecule has 1 aromatic carbocycles. The van der Waals surface area contributed by atoms with Crippen molar-refractivity contribution in [3.05, 3.63) is 35.4 Å². The summed E-state index contributed by atoms with van der Waals surface area (Å²) >= 11 is 0. The molecule has 1 aliphatic carbocycles. The number of hydrogen-bond acceptors (Lipinski definition) is 3. The molecule has 1 N–H and O–H groups in total. The number of aryl methyl sites for hydroxylation is 1. The number of nitrogens with one attached hydrogen (secondary N) is 1. The van der Waals surface area contributed by atoms with Crippen molar-refractivity contribution in [1.29, 1.82) is 0 Å². The average Bonchev–Trinajstić information content (AvgIpc) is 2.54. The SMILES string of the molecule is C[C@@H]1CC(NCCCO[C@H]2CCCc3ccccc32)C[C@@H](C)O1. The molecule has 0 saturated carbocycles. The lowest BCUT2D eigenvalue weighted by Crippen LogP contribution is -2.41. The summed E-state index contributed by atoms with van der Waals surface area (Å²) in [6.07, 6.45) is 8.02. The maximum Gasteiger partial charge on any atom is 0.0827 e. The summed E-state index contributed by atoms with van der Waals surface area (Å²) in [4.78, 5) is 0. The van der Waals surface area contributed by atoms with Crippen LogP contribution in [0, 0.1) is 0 Å². The Bertz CT molecular complexity index is 480. The highest BCUT2D eigenvalue weighted by molar-refractivity contribution is 5.31. The van der Waals surface area contributed by atoms with Crippen LogP contribution in [-0.2, 0) is 15.9 Å².